The highest BCUT2D eigenvalue weighted by Crippen LogP contribution is 2.36. The summed E-state index contributed by atoms with van der Waals surface area (Å²) in [6.07, 6.45) is 4.47. The summed E-state index contributed by atoms with van der Waals surface area (Å²) in [4.78, 5) is 25.6. The van der Waals surface area contributed by atoms with Crippen LogP contribution in [-0.4, -0.2) is 62.7 Å². The number of nitrogens with zero attached hydrogens (tertiary/aromatic N) is 6. The van der Waals surface area contributed by atoms with Crippen LogP contribution in [0.1, 0.15) is 6.42 Å². The molecule has 10 heteroatoms. The van der Waals surface area contributed by atoms with Crippen molar-refractivity contribution in [3.05, 3.63) is 47.2 Å². The van der Waals surface area contributed by atoms with Gasteiger partial charge in [-0.25, -0.2) is 9.78 Å². The Kier molecular flexibility index (Phi) is 4.26. The van der Waals surface area contributed by atoms with Crippen molar-refractivity contribution >= 4 is 50.1 Å². The highest BCUT2D eigenvalue weighted by atomic mass is 79.9. The number of fused-ring (bicyclic) bond motifs is 3. The average molecular weight is 493 g/mol. The maximum absolute atomic E-state index is 12.1. The molecular formula is C22H21BrN8O. The first-order valence-corrected chi connectivity index (χ1v) is 11.3. The van der Waals surface area contributed by atoms with Crippen molar-refractivity contribution < 1.29 is 4.79 Å². The predicted molar refractivity (Wildman–Crippen MR) is 127 cm³/mol. The molecule has 2 amide bonds. The smallest absolute Gasteiger partial charge is 0.317 e. The maximum Gasteiger partial charge on any atom is 0.317 e. The van der Waals surface area contributed by atoms with Gasteiger partial charge in [0, 0.05) is 42.8 Å². The van der Waals surface area contributed by atoms with Crippen LogP contribution in [0.3, 0.4) is 0 Å². The van der Waals surface area contributed by atoms with E-state index in [2.05, 4.69) is 42.3 Å². The molecule has 0 unspecified atom stereocenters. The van der Waals surface area contributed by atoms with Crippen molar-refractivity contribution in [2.75, 3.05) is 30.8 Å². The Morgan fingerprint density at radius 2 is 2.09 bits per heavy atom. The van der Waals surface area contributed by atoms with E-state index >= 15 is 0 Å². The van der Waals surface area contributed by atoms with E-state index in [0.29, 0.717) is 22.5 Å². The number of nitrogens with one attached hydrogen (secondary N) is 1. The fourth-order valence-corrected chi connectivity index (χ4v) is 5.22. The molecule has 0 radical (unpaired) electrons. The van der Waals surface area contributed by atoms with Gasteiger partial charge in [-0.3, -0.25) is 4.98 Å². The summed E-state index contributed by atoms with van der Waals surface area (Å²) in [5.41, 5.74) is 9.88. The Morgan fingerprint density at radius 1 is 1.25 bits per heavy atom. The Balaban J connectivity index is 1.44. The number of halogens is 1. The predicted octanol–water partition coefficient (Wildman–Crippen LogP) is 2.89. The van der Waals surface area contributed by atoms with Crippen LogP contribution < -0.4 is 16.0 Å². The lowest BCUT2D eigenvalue weighted by Crippen LogP contribution is -2.51. The first kappa shape index (κ1) is 19.3. The summed E-state index contributed by atoms with van der Waals surface area (Å²) >= 11 is 3.64. The van der Waals surface area contributed by atoms with Gasteiger partial charge in [0.25, 0.3) is 0 Å². The number of anilines is 2. The third kappa shape index (κ3) is 2.82. The zero-order chi connectivity index (χ0) is 22.0. The van der Waals surface area contributed by atoms with Crippen LogP contribution in [-0.2, 0) is 0 Å². The third-order valence-corrected chi connectivity index (χ3v) is 7.28. The van der Waals surface area contributed by atoms with E-state index in [1.807, 2.05) is 37.5 Å². The van der Waals surface area contributed by atoms with Gasteiger partial charge in [-0.1, -0.05) is 18.2 Å². The lowest BCUT2D eigenvalue weighted by atomic mass is 10.0. The van der Waals surface area contributed by atoms with Crippen molar-refractivity contribution in [1.82, 2.24) is 29.8 Å². The first-order valence-electron chi connectivity index (χ1n) is 10.5. The number of aromatic nitrogens is 4. The number of carbonyl (C=O) groups is 1. The van der Waals surface area contributed by atoms with Crippen molar-refractivity contribution in [1.29, 1.82) is 0 Å². The molecule has 2 saturated heterocycles. The van der Waals surface area contributed by atoms with Crippen LogP contribution in [0.2, 0.25) is 0 Å². The molecule has 4 aromatic rings. The molecule has 1 aromatic carbocycles. The highest BCUT2D eigenvalue weighted by Gasteiger charge is 2.41. The second-order valence-electron chi connectivity index (χ2n) is 8.31. The molecule has 2 aliphatic rings. The number of nitrogens with two attached hydrogens (primary N) is 1. The maximum atomic E-state index is 12.1. The SMILES string of the molecule is CN1C(=O)N[C@H]2CCN(c3nc4c(-c5cnc6ccccc6c5)cnn4c(N)c3Br)C[C@H]21. The van der Waals surface area contributed by atoms with E-state index in [4.69, 9.17) is 10.7 Å². The number of urea groups is 1. The molecule has 3 N–H and O–H groups in total. The Morgan fingerprint density at radius 3 is 2.97 bits per heavy atom. The number of benzene rings is 1. The largest absolute Gasteiger partial charge is 0.383 e. The van der Waals surface area contributed by atoms with Crippen LogP contribution in [0.4, 0.5) is 16.4 Å². The topological polar surface area (TPSA) is 105 Å². The summed E-state index contributed by atoms with van der Waals surface area (Å²) in [6.45, 7) is 1.46. The van der Waals surface area contributed by atoms with Crippen molar-refractivity contribution in [3.63, 3.8) is 0 Å². The van der Waals surface area contributed by atoms with Gasteiger partial charge in [0.15, 0.2) is 5.65 Å². The number of pyridine rings is 1. The molecule has 32 heavy (non-hydrogen) atoms. The van der Waals surface area contributed by atoms with Gasteiger partial charge in [-0.05, 0) is 34.5 Å². The molecule has 5 heterocycles. The second kappa shape index (κ2) is 7.06. The number of hydrogen-bond acceptors (Lipinski definition) is 6. The van der Waals surface area contributed by atoms with Gasteiger partial charge < -0.3 is 20.9 Å². The number of para-hydroxylation sites is 1. The lowest BCUT2D eigenvalue weighted by Gasteiger charge is -2.37. The Bertz CT molecular complexity index is 1390. The summed E-state index contributed by atoms with van der Waals surface area (Å²) < 4.78 is 2.35. The number of likely N-dealkylation sites (N-methyl/N-ethyl adjacent to an activating group) is 1. The van der Waals surface area contributed by atoms with Crippen LogP contribution in [0.25, 0.3) is 27.7 Å². The summed E-state index contributed by atoms with van der Waals surface area (Å²) in [5.74, 6) is 1.25. The van der Waals surface area contributed by atoms with Gasteiger partial charge in [0.05, 0.1) is 23.8 Å². The van der Waals surface area contributed by atoms with E-state index in [1.54, 1.807) is 15.6 Å². The molecule has 162 valence electrons. The minimum atomic E-state index is -0.0225. The van der Waals surface area contributed by atoms with Crippen LogP contribution >= 0.6 is 15.9 Å². The van der Waals surface area contributed by atoms with Crippen molar-refractivity contribution in [2.24, 2.45) is 0 Å². The number of carbonyl (C=O) groups excluding carboxylic acids is 1. The zero-order valence-corrected chi connectivity index (χ0v) is 19.0. The fourth-order valence-electron chi connectivity index (χ4n) is 4.71. The normalized spacial score (nSPS) is 20.8. The summed E-state index contributed by atoms with van der Waals surface area (Å²) in [6, 6.07) is 10.3. The molecule has 0 spiro atoms. The van der Waals surface area contributed by atoms with Crippen molar-refractivity contribution in [2.45, 2.75) is 18.5 Å². The Hall–Kier alpha value is -3.40. The van der Waals surface area contributed by atoms with Gasteiger partial charge in [0.2, 0.25) is 0 Å². The number of amides is 2. The Labute approximate surface area is 192 Å². The average Bonchev–Trinajstić information content (AvgIpc) is 3.36. The van der Waals surface area contributed by atoms with E-state index in [0.717, 1.165) is 40.8 Å². The molecular weight excluding hydrogens is 472 g/mol. The van der Waals surface area contributed by atoms with Crippen molar-refractivity contribution in [3.8, 4) is 11.1 Å². The lowest BCUT2D eigenvalue weighted by molar-refractivity contribution is 0.214. The van der Waals surface area contributed by atoms with E-state index < -0.39 is 0 Å². The molecule has 6 rings (SSSR count). The number of piperidine rings is 1. The quantitative estimate of drug-likeness (QED) is 0.445. The zero-order valence-electron chi connectivity index (χ0n) is 17.4. The highest BCUT2D eigenvalue weighted by molar-refractivity contribution is 9.10. The van der Waals surface area contributed by atoms with Gasteiger partial charge in [-0.15, -0.1) is 0 Å². The fraction of sp³-hybridized carbons (Fsp3) is 0.273. The monoisotopic (exact) mass is 492 g/mol. The minimum Gasteiger partial charge on any atom is -0.383 e. The molecule has 2 fully saturated rings. The van der Waals surface area contributed by atoms with Gasteiger partial charge in [-0.2, -0.15) is 9.61 Å². The molecule has 2 aliphatic heterocycles. The van der Waals surface area contributed by atoms with Crippen LogP contribution in [0.15, 0.2) is 47.2 Å². The first-order chi connectivity index (χ1) is 15.5. The van der Waals surface area contributed by atoms with E-state index in [1.165, 1.54) is 0 Å². The minimum absolute atomic E-state index is 0.0225. The van der Waals surface area contributed by atoms with Gasteiger partial charge in [0.1, 0.15) is 16.1 Å². The second-order valence-corrected chi connectivity index (χ2v) is 9.11. The molecule has 0 saturated carbocycles. The molecule has 3 aromatic heterocycles. The number of nitrogen functional groups attached to an aromatic ring is 1. The standard InChI is InChI=1S/C22H21BrN8O/c1-29-17-11-30(7-6-16(17)27-22(29)32)21-18(23)19(24)31-20(28-21)14(10-26-31)13-8-12-4-2-3-5-15(12)25-9-13/h2-5,8-10,16-17H,6-7,11,24H2,1H3,(H,27,32)/t16-,17+/m0/s1. The number of rotatable bonds is 2. The van der Waals surface area contributed by atoms with E-state index in [-0.39, 0.29) is 18.1 Å². The molecule has 2 atom stereocenters. The number of hydrogen-bond donors (Lipinski definition) is 2. The molecule has 0 aliphatic carbocycles. The molecule has 0 bridgehead atoms. The van der Waals surface area contributed by atoms with Crippen LogP contribution in [0, 0.1) is 0 Å². The third-order valence-electron chi connectivity index (χ3n) is 6.51. The molecule has 9 nitrogen and oxygen atoms in total. The van der Waals surface area contributed by atoms with Gasteiger partial charge >= 0.3 is 6.03 Å². The summed E-state index contributed by atoms with van der Waals surface area (Å²) in [7, 11) is 1.84. The summed E-state index contributed by atoms with van der Waals surface area (Å²) in [5, 5.41) is 8.60. The van der Waals surface area contributed by atoms with Crippen LogP contribution in [0.5, 0.6) is 0 Å². The van der Waals surface area contributed by atoms with E-state index in [9.17, 15) is 4.79 Å².